The molecule has 1 aromatic heterocycles. The number of hydrogen-bond acceptors (Lipinski definition) is 3. The third-order valence-corrected chi connectivity index (χ3v) is 3.91. The number of urea groups is 1. The van der Waals surface area contributed by atoms with E-state index in [1.165, 1.54) is 0 Å². The Hall–Kier alpha value is -2.11. The normalized spacial score (nSPS) is 23.1. The maximum absolute atomic E-state index is 12.0. The molecule has 1 heterocycles. The first kappa shape index (κ1) is 15.3. The lowest BCUT2D eigenvalue weighted by molar-refractivity contribution is -0.143. The second-order valence-corrected chi connectivity index (χ2v) is 5.52. The van der Waals surface area contributed by atoms with Crippen LogP contribution in [0, 0.1) is 5.92 Å². The molecule has 0 aromatic carbocycles. The highest BCUT2D eigenvalue weighted by molar-refractivity contribution is 5.75. The van der Waals surface area contributed by atoms with Gasteiger partial charge in [0, 0.05) is 18.4 Å². The number of amides is 2. The molecule has 21 heavy (non-hydrogen) atoms. The van der Waals surface area contributed by atoms with E-state index in [2.05, 4.69) is 15.6 Å². The third-order valence-electron chi connectivity index (χ3n) is 3.91. The van der Waals surface area contributed by atoms with E-state index in [0.717, 1.165) is 18.4 Å². The zero-order valence-electron chi connectivity index (χ0n) is 12.1. The van der Waals surface area contributed by atoms with E-state index in [0.29, 0.717) is 12.8 Å². The number of carbonyl (C=O) groups is 2. The van der Waals surface area contributed by atoms with Crippen molar-refractivity contribution >= 4 is 12.0 Å². The van der Waals surface area contributed by atoms with Crippen molar-refractivity contribution in [3.05, 3.63) is 30.1 Å². The Labute approximate surface area is 124 Å². The molecule has 6 nitrogen and oxygen atoms in total. The summed E-state index contributed by atoms with van der Waals surface area (Å²) in [4.78, 5) is 26.9. The fraction of sp³-hybridized carbons (Fsp3) is 0.533. The molecule has 1 fully saturated rings. The van der Waals surface area contributed by atoms with Gasteiger partial charge in [-0.2, -0.15) is 0 Å². The van der Waals surface area contributed by atoms with Gasteiger partial charge in [0.25, 0.3) is 0 Å². The Morgan fingerprint density at radius 1 is 1.33 bits per heavy atom. The Morgan fingerprint density at radius 2 is 2.05 bits per heavy atom. The maximum Gasteiger partial charge on any atom is 0.315 e. The van der Waals surface area contributed by atoms with Crippen LogP contribution in [-0.2, 0) is 4.79 Å². The van der Waals surface area contributed by atoms with Crippen LogP contribution in [0.1, 0.15) is 44.2 Å². The van der Waals surface area contributed by atoms with Crippen molar-refractivity contribution in [2.75, 3.05) is 0 Å². The number of carboxylic acid groups (broad SMARTS) is 1. The van der Waals surface area contributed by atoms with E-state index >= 15 is 0 Å². The molecule has 3 unspecified atom stereocenters. The second kappa shape index (κ2) is 7.06. The van der Waals surface area contributed by atoms with Crippen LogP contribution in [0.3, 0.4) is 0 Å². The Balaban J connectivity index is 1.83. The molecule has 6 heteroatoms. The number of hydrogen-bond donors (Lipinski definition) is 3. The van der Waals surface area contributed by atoms with Gasteiger partial charge in [0.2, 0.25) is 0 Å². The molecule has 2 amide bonds. The van der Waals surface area contributed by atoms with Crippen molar-refractivity contribution in [3.63, 3.8) is 0 Å². The minimum atomic E-state index is -0.771. The molecule has 1 aliphatic rings. The Bertz CT molecular complexity index is 492. The summed E-state index contributed by atoms with van der Waals surface area (Å²) in [6, 6.07) is 3.27. The van der Waals surface area contributed by atoms with E-state index < -0.39 is 5.97 Å². The molecule has 3 atom stereocenters. The topological polar surface area (TPSA) is 91.3 Å². The van der Waals surface area contributed by atoms with E-state index in [1.807, 2.05) is 19.1 Å². The molecular formula is C15H21N3O3. The largest absolute Gasteiger partial charge is 0.481 e. The van der Waals surface area contributed by atoms with Crippen LogP contribution in [0.2, 0.25) is 0 Å². The fourth-order valence-electron chi connectivity index (χ4n) is 2.70. The summed E-state index contributed by atoms with van der Waals surface area (Å²) in [7, 11) is 0. The van der Waals surface area contributed by atoms with Crippen LogP contribution < -0.4 is 10.6 Å². The molecule has 0 spiro atoms. The number of aliphatic carboxylic acids is 1. The summed E-state index contributed by atoms with van der Waals surface area (Å²) in [5, 5.41) is 14.8. The summed E-state index contributed by atoms with van der Waals surface area (Å²) in [5.41, 5.74) is 0.979. The van der Waals surface area contributed by atoms with Gasteiger partial charge in [-0.05, 0) is 43.9 Å². The molecule has 114 valence electrons. The van der Waals surface area contributed by atoms with Crippen molar-refractivity contribution in [2.24, 2.45) is 5.92 Å². The van der Waals surface area contributed by atoms with Gasteiger partial charge >= 0.3 is 12.0 Å². The van der Waals surface area contributed by atoms with Crippen molar-refractivity contribution in [3.8, 4) is 0 Å². The van der Waals surface area contributed by atoms with Crippen molar-refractivity contribution in [2.45, 2.75) is 44.7 Å². The van der Waals surface area contributed by atoms with Crippen LogP contribution in [0.5, 0.6) is 0 Å². The summed E-state index contributed by atoms with van der Waals surface area (Å²) in [6.45, 7) is 1.90. The molecule has 0 aliphatic heterocycles. The molecule has 1 saturated carbocycles. The molecule has 0 bridgehead atoms. The molecule has 3 N–H and O–H groups in total. The van der Waals surface area contributed by atoms with Crippen molar-refractivity contribution in [1.29, 1.82) is 0 Å². The van der Waals surface area contributed by atoms with E-state index in [4.69, 9.17) is 5.11 Å². The van der Waals surface area contributed by atoms with E-state index in [1.54, 1.807) is 12.4 Å². The quantitative estimate of drug-likeness (QED) is 0.792. The van der Waals surface area contributed by atoms with E-state index in [9.17, 15) is 9.59 Å². The zero-order chi connectivity index (χ0) is 15.2. The number of nitrogens with one attached hydrogen (secondary N) is 2. The summed E-state index contributed by atoms with van der Waals surface area (Å²) in [5.74, 6) is -1.12. The van der Waals surface area contributed by atoms with Crippen LogP contribution in [0.25, 0.3) is 0 Å². The lowest BCUT2D eigenvalue weighted by Crippen LogP contribution is -2.45. The van der Waals surface area contributed by atoms with E-state index in [-0.39, 0.29) is 24.0 Å². The number of rotatable bonds is 4. The lowest BCUT2D eigenvalue weighted by Gasteiger charge is -2.28. The summed E-state index contributed by atoms with van der Waals surface area (Å²) < 4.78 is 0. The van der Waals surface area contributed by atoms with Crippen molar-refractivity contribution < 1.29 is 14.7 Å². The average molecular weight is 291 g/mol. The lowest BCUT2D eigenvalue weighted by atomic mass is 9.86. The van der Waals surface area contributed by atoms with Gasteiger partial charge in [-0.25, -0.2) is 4.79 Å². The fourth-order valence-corrected chi connectivity index (χ4v) is 2.70. The first-order valence-corrected chi connectivity index (χ1v) is 7.26. The Kier molecular flexibility index (Phi) is 5.14. The second-order valence-electron chi connectivity index (χ2n) is 5.52. The van der Waals surface area contributed by atoms with Gasteiger partial charge < -0.3 is 15.7 Å². The predicted octanol–water partition coefficient (Wildman–Crippen LogP) is 2.09. The highest BCUT2D eigenvalue weighted by Crippen LogP contribution is 2.24. The standard InChI is InChI=1S/C15H21N3O3/c1-10(11-5-7-16-8-6-11)17-15(21)18-13-4-2-3-12(9-13)14(19)20/h5-8,10,12-13H,2-4,9H2,1H3,(H,19,20)(H2,17,18,21). The van der Waals surface area contributed by atoms with Gasteiger partial charge in [0.15, 0.2) is 0 Å². The highest BCUT2D eigenvalue weighted by atomic mass is 16.4. The summed E-state index contributed by atoms with van der Waals surface area (Å²) in [6.07, 6.45) is 6.24. The van der Waals surface area contributed by atoms with Gasteiger partial charge in [-0.1, -0.05) is 6.42 Å². The van der Waals surface area contributed by atoms with Crippen LogP contribution >= 0.6 is 0 Å². The summed E-state index contributed by atoms with van der Waals surface area (Å²) >= 11 is 0. The van der Waals surface area contributed by atoms with Crippen LogP contribution in [-0.4, -0.2) is 28.1 Å². The minimum Gasteiger partial charge on any atom is -0.481 e. The number of nitrogens with zero attached hydrogens (tertiary/aromatic N) is 1. The molecule has 1 aromatic rings. The van der Waals surface area contributed by atoms with Crippen molar-refractivity contribution in [1.82, 2.24) is 15.6 Å². The minimum absolute atomic E-state index is 0.0653. The molecule has 1 aliphatic carbocycles. The number of pyridine rings is 1. The molecule has 2 rings (SSSR count). The smallest absolute Gasteiger partial charge is 0.315 e. The SMILES string of the molecule is CC(NC(=O)NC1CCCC(C(=O)O)C1)c1ccncc1. The number of aromatic nitrogens is 1. The first-order valence-electron chi connectivity index (χ1n) is 7.26. The third kappa shape index (κ3) is 4.44. The molecular weight excluding hydrogens is 270 g/mol. The van der Waals surface area contributed by atoms with Gasteiger partial charge in [0.1, 0.15) is 0 Å². The number of carboxylic acids is 1. The predicted molar refractivity (Wildman–Crippen MR) is 77.7 cm³/mol. The van der Waals surface area contributed by atoms with Gasteiger partial charge in [-0.15, -0.1) is 0 Å². The zero-order valence-corrected chi connectivity index (χ0v) is 12.1. The molecule has 0 saturated heterocycles. The highest BCUT2D eigenvalue weighted by Gasteiger charge is 2.27. The van der Waals surface area contributed by atoms with Crippen LogP contribution in [0.15, 0.2) is 24.5 Å². The van der Waals surface area contributed by atoms with Gasteiger partial charge in [0.05, 0.1) is 12.0 Å². The molecule has 0 radical (unpaired) electrons. The average Bonchev–Trinajstić information content (AvgIpc) is 2.48. The Morgan fingerprint density at radius 3 is 2.71 bits per heavy atom. The first-order chi connectivity index (χ1) is 10.1. The number of carbonyl (C=O) groups excluding carboxylic acids is 1. The maximum atomic E-state index is 12.0. The van der Waals surface area contributed by atoms with Crippen LogP contribution in [0.4, 0.5) is 4.79 Å². The van der Waals surface area contributed by atoms with Gasteiger partial charge in [-0.3, -0.25) is 9.78 Å². The monoisotopic (exact) mass is 291 g/mol.